The number of β-amino-alcohol motifs (C(OH)–C–C–N with tert-alkyl or cyclic N) is 1. The summed E-state index contributed by atoms with van der Waals surface area (Å²) in [5.74, 6) is 0.713. The number of halogens is 1. The molecule has 0 bridgehead atoms. The van der Waals surface area contributed by atoms with Crippen LogP contribution in [0, 0.1) is 5.92 Å². The highest BCUT2D eigenvalue weighted by molar-refractivity contribution is 5.85. The van der Waals surface area contributed by atoms with Gasteiger partial charge in [-0.1, -0.05) is 5.21 Å². The minimum absolute atomic E-state index is 0. The fourth-order valence-corrected chi connectivity index (χ4v) is 3.54. The number of aromatic nitrogens is 3. The minimum Gasteiger partial charge on any atom is -0.382 e. The first kappa shape index (κ1) is 18.6. The molecule has 1 saturated heterocycles. The molecule has 1 aromatic heterocycles. The van der Waals surface area contributed by atoms with E-state index in [1.165, 1.54) is 0 Å². The summed E-state index contributed by atoms with van der Waals surface area (Å²) in [6.45, 7) is 9.65. The molecule has 23 heavy (non-hydrogen) atoms. The summed E-state index contributed by atoms with van der Waals surface area (Å²) in [5, 5.41) is 19.2. The molecule has 1 saturated carbocycles. The molecule has 1 aromatic rings. The predicted molar refractivity (Wildman–Crippen MR) is 90.7 cm³/mol. The molecule has 1 atom stereocenters. The van der Waals surface area contributed by atoms with Crippen LogP contribution in [0.3, 0.4) is 0 Å². The van der Waals surface area contributed by atoms with Gasteiger partial charge in [0.1, 0.15) is 11.3 Å². The molecular formula is C16H29ClN4O2. The number of likely N-dealkylation sites (tertiary alicyclic amines) is 1. The molecule has 1 aliphatic carbocycles. The van der Waals surface area contributed by atoms with Crippen molar-refractivity contribution < 1.29 is 9.84 Å². The second kappa shape index (κ2) is 7.47. The topological polar surface area (TPSA) is 63.4 Å². The van der Waals surface area contributed by atoms with Crippen LogP contribution in [0.4, 0.5) is 0 Å². The summed E-state index contributed by atoms with van der Waals surface area (Å²) in [4.78, 5) is 2.36. The van der Waals surface area contributed by atoms with Gasteiger partial charge >= 0.3 is 0 Å². The summed E-state index contributed by atoms with van der Waals surface area (Å²) in [6.07, 6.45) is 5.41. The van der Waals surface area contributed by atoms with Gasteiger partial charge < -0.3 is 9.84 Å². The Kier molecular flexibility index (Phi) is 6.05. The summed E-state index contributed by atoms with van der Waals surface area (Å²) in [5.41, 5.74) is -0.125. The number of rotatable bonds is 6. The van der Waals surface area contributed by atoms with Crippen molar-refractivity contribution >= 4 is 12.4 Å². The van der Waals surface area contributed by atoms with Crippen LogP contribution in [-0.2, 0) is 10.3 Å². The summed E-state index contributed by atoms with van der Waals surface area (Å²) < 4.78 is 7.43. The maximum atomic E-state index is 10.9. The smallest absolute Gasteiger partial charge is 0.124 e. The van der Waals surface area contributed by atoms with Crippen LogP contribution < -0.4 is 0 Å². The molecule has 2 aliphatic rings. The first-order chi connectivity index (χ1) is 10.5. The van der Waals surface area contributed by atoms with Crippen LogP contribution in [0.25, 0.3) is 0 Å². The van der Waals surface area contributed by atoms with E-state index in [-0.39, 0.29) is 18.4 Å². The predicted octanol–water partition coefficient (Wildman–Crippen LogP) is 1.99. The fraction of sp³-hybridized carbons (Fsp3) is 0.875. The van der Waals surface area contributed by atoms with Crippen molar-refractivity contribution in [1.29, 1.82) is 0 Å². The normalized spacial score (nSPS) is 31.2. The molecule has 3 rings (SSSR count). The molecule has 0 spiro atoms. The molecular weight excluding hydrogens is 316 g/mol. The van der Waals surface area contributed by atoms with Crippen LogP contribution in [-0.4, -0.2) is 57.3 Å². The van der Waals surface area contributed by atoms with Gasteiger partial charge in [-0.15, -0.1) is 17.5 Å². The highest BCUT2D eigenvalue weighted by Gasteiger charge is 2.42. The zero-order chi connectivity index (χ0) is 15.7. The Morgan fingerprint density at radius 2 is 2.17 bits per heavy atom. The van der Waals surface area contributed by atoms with E-state index in [4.69, 9.17) is 4.74 Å². The summed E-state index contributed by atoms with van der Waals surface area (Å²) >= 11 is 0. The van der Waals surface area contributed by atoms with Crippen molar-refractivity contribution in [3.8, 4) is 0 Å². The molecule has 0 aromatic carbocycles. The van der Waals surface area contributed by atoms with E-state index in [9.17, 15) is 5.11 Å². The molecule has 1 unspecified atom stereocenters. The zero-order valence-corrected chi connectivity index (χ0v) is 15.1. The number of nitrogens with zero attached hydrogens (tertiary/aromatic N) is 4. The van der Waals surface area contributed by atoms with Crippen molar-refractivity contribution in [1.82, 2.24) is 19.9 Å². The molecule has 2 heterocycles. The summed E-state index contributed by atoms with van der Waals surface area (Å²) in [7, 11) is 0. The Balaban J connectivity index is 0.00000192. The molecule has 2 fully saturated rings. The Bertz CT molecular complexity index is 504. The van der Waals surface area contributed by atoms with Gasteiger partial charge in [-0.2, -0.15) is 0 Å². The van der Waals surface area contributed by atoms with Gasteiger partial charge in [-0.3, -0.25) is 4.90 Å². The SMILES string of the molecule is CCOC1CC(CN2CCC(O)(c3cn(C(C)C)nn3)C2)C1.Cl. The first-order valence-corrected chi connectivity index (χ1v) is 8.49. The highest BCUT2D eigenvalue weighted by atomic mass is 35.5. The molecule has 1 N–H and O–H groups in total. The second-order valence-corrected chi connectivity index (χ2v) is 7.11. The lowest BCUT2D eigenvalue weighted by molar-refractivity contribution is -0.0346. The van der Waals surface area contributed by atoms with E-state index < -0.39 is 5.60 Å². The van der Waals surface area contributed by atoms with Gasteiger partial charge in [0.05, 0.1) is 12.3 Å². The van der Waals surface area contributed by atoms with Gasteiger partial charge in [0.2, 0.25) is 0 Å². The lowest BCUT2D eigenvalue weighted by Gasteiger charge is -2.37. The van der Waals surface area contributed by atoms with E-state index >= 15 is 0 Å². The van der Waals surface area contributed by atoms with Crippen molar-refractivity contribution in [3.05, 3.63) is 11.9 Å². The number of hydrogen-bond acceptors (Lipinski definition) is 5. The van der Waals surface area contributed by atoms with Gasteiger partial charge in [0.25, 0.3) is 0 Å². The van der Waals surface area contributed by atoms with Gasteiger partial charge in [-0.25, -0.2) is 4.68 Å². The van der Waals surface area contributed by atoms with Crippen LogP contribution in [0.5, 0.6) is 0 Å². The van der Waals surface area contributed by atoms with E-state index in [0.29, 0.717) is 24.3 Å². The molecule has 7 heteroatoms. The molecule has 0 radical (unpaired) electrons. The monoisotopic (exact) mass is 344 g/mol. The van der Waals surface area contributed by atoms with Gasteiger partial charge in [0.15, 0.2) is 0 Å². The van der Waals surface area contributed by atoms with Crippen LogP contribution in [0.15, 0.2) is 6.20 Å². The average Bonchev–Trinajstić information content (AvgIpc) is 3.04. The Hall–Kier alpha value is -0.690. The maximum absolute atomic E-state index is 10.9. The Labute approximate surface area is 144 Å². The number of ether oxygens (including phenoxy) is 1. The fourth-order valence-electron chi connectivity index (χ4n) is 3.54. The van der Waals surface area contributed by atoms with Crippen molar-refractivity contribution in [2.75, 3.05) is 26.2 Å². The standard InChI is InChI=1S/C16H28N4O2.ClH/c1-4-22-14-7-13(8-14)9-19-6-5-16(21,11-19)15-10-20(12(2)3)18-17-15;/h10,12-14,21H,4-9,11H2,1-3H3;1H. The van der Waals surface area contributed by atoms with Crippen LogP contribution in [0.2, 0.25) is 0 Å². The van der Waals surface area contributed by atoms with Gasteiger partial charge in [-0.05, 0) is 46.0 Å². The molecule has 0 amide bonds. The molecule has 6 nitrogen and oxygen atoms in total. The lowest BCUT2D eigenvalue weighted by Crippen LogP contribution is -2.40. The van der Waals surface area contributed by atoms with Crippen molar-refractivity contribution in [2.24, 2.45) is 5.92 Å². The third-order valence-electron chi connectivity index (χ3n) is 4.95. The Morgan fingerprint density at radius 1 is 1.43 bits per heavy atom. The quantitative estimate of drug-likeness (QED) is 0.855. The van der Waals surface area contributed by atoms with Crippen LogP contribution in [0.1, 0.15) is 51.8 Å². The van der Waals surface area contributed by atoms with Crippen molar-refractivity contribution in [2.45, 2.75) is 57.8 Å². The average molecular weight is 345 g/mol. The number of hydrogen-bond donors (Lipinski definition) is 1. The second-order valence-electron chi connectivity index (χ2n) is 7.11. The third kappa shape index (κ3) is 4.05. The maximum Gasteiger partial charge on any atom is 0.124 e. The van der Waals surface area contributed by atoms with Crippen LogP contribution >= 0.6 is 12.4 Å². The third-order valence-corrected chi connectivity index (χ3v) is 4.95. The largest absolute Gasteiger partial charge is 0.382 e. The zero-order valence-electron chi connectivity index (χ0n) is 14.3. The van der Waals surface area contributed by atoms with Crippen molar-refractivity contribution in [3.63, 3.8) is 0 Å². The highest BCUT2D eigenvalue weighted by Crippen LogP contribution is 2.35. The summed E-state index contributed by atoms with van der Waals surface area (Å²) in [6, 6.07) is 0.271. The van der Waals surface area contributed by atoms with E-state index in [1.807, 2.05) is 10.9 Å². The van der Waals surface area contributed by atoms with Gasteiger partial charge in [0, 0.05) is 32.3 Å². The Morgan fingerprint density at radius 3 is 2.78 bits per heavy atom. The molecule has 1 aliphatic heterocycles. The molecule has 132 valence electrons. The van der Waals surface area contributed by atoms with E-state index in [0.717, 1.165) is 39.0 Å². The van der Waals surface area contributed by atoms with E-state index in [2.05, 4.69) is 36.0 Å². The lowest BCUT2D eigenvalue weighted by atomic mass is 9.82. The minimum atomic E-state index is -0.837. The number of aliphatic hydroxyl groups is 1. The van der Waals surface area contributed by atoms with E-state index in [1.54, 1.807) is 0 Å². The first-order valence-electron chi connectivity index (χ1n) is 8.49.